The highest BCUT2D eigenvalue weighted by Crippen LogP contribution is 2.37. The summed E-state index contributed by atoms with van der Waals surface area (Å²) in [6.45, 7) is 1.87. The third kappa shape index (κ3) is 3.10. The van der Waals surface area contributed by atoms with Gasteiger partial charge in [-0.3, -0.25) is 9.36 Å². The van der Waals surface area contributed by atoms with Crippen molar-refractivity contribution in [3.05, 3.63) is 79.1 Å². The number of hydrogen-bond donors (Lipinski definition) is 1. The minimum Gasteiger partial charge on any atom is -0.493 e. The minimum atomic E-state index is -0.968. The SMILES string of the molecule is COC(=O)C(c1ccccc1)n1c(O)c(C2=c3cccc(C)c3=NC2=O)sc1=S. The van der Waals surface area contributed by atoms with Crippen LogP contribution in [0.3, 0.4) is 0 Å². The Morgan fingerprint density at radius 3 is 2.62 bits per heavy atom. The second-order valence-electron chi connectivity index (χ2n) is 6.49. The number of benzene rings is 2. The fraction of sp³-hybridized carbons (Fsp3) is 0.143. The molecule has 146 valence electrons. The minimum absolute atomic E-state index is 0.248. The molecule has 1 aliphatic heterocycles. The largest absolute Gasteiger partial charge is 0.493 e. The number of methoxy groups -OCH3 is 1. The van der Waals surface area contributed by atoms with Crippen molar-refractivity contribution < 1.29 is 19.4 Å². The Balaban J connectivity index is 1.98. The molecule has 29 heavy (non-hydrogen) atoms. The maximum atomic E-state index is 12.6. The van der Waals surface area contributed by atoms with Crippen LogP contribution in [0.15, 0.2) is 53.5 Å². The van der Waals surface area contributed by atoms with Gasteiger partial charge in [-0.25, -0.2) is 9.79 Å². The van der Waals surface area contributed by atoms with Gasteiger partial charge in [-0.05, 0) is 30.3 Å². The quantitative estimate of drug-likeness (QED) is 0.514. The normalized spacial score (nSPS) is 13.7. The maximum absolute atomic E-state index is 12.6. The van der Waals surface area contributed by atoms with Gasteiger partial charge in [0.1, 0.15) is 4.88 Å². The Kier molecular flexibility index (Phi) is 4.89. The molecule has 0 aliphatic carbocycles. The van der Waals surface area contributed by atoms with Crippen LogP contribution in [-0.2, 0) is 14.3 Å². The van der Waals surface area contributed by atoms with Gasteiger partial charge < -0.3 is 9.84 Å². The number of amides is 1. The predicted molar refractivity (Wildman–Crippen MR) is 111 cm³/mol. The van der Waals surface area contributed by atoms with E-state index in [0.29, 0.717) is 16.1 Å². The molecule has 1 aromatic heterocycles. The molecular weight excluding hydrogens is 408 g/mol. The molecule has 2 heterocycles. The van der Waals surface area contributed by atoms with Crippen LogP contribution in [0.2, 0.25) is 0 Å². The number of aryl methyl sites for hydroxylation is 1. The molecule has 1 aliphatic rings. The smallest absolute Gasteiger partial charge is 0.333 e. The average Bonchev–Trinajstić information content (AvgIpc) is 3.20. The van der Waals surface area contributed by atoms with E-state index < -0.39 is 17.9 Å². The average molecular weight is 425 g/mol. The highest BCUT2D eigenvalue weighted by Gasteiger charge is 2.32. The van der Waals surface area contributed by atoms with Gasteiger partial charge in [-0.15, -0.1) is 11.3 Å². The van der Waals surface area contributed by atoms with Gasteiger partial charge in [-0.2, -0.15) is 0 Å². The van der Waals surface area contributed by atoms with E-state index in [-0.39, 0.29) is 20.3 Å². The number of ether oxygens (including phenoxy) is 1. The standard InChI is InChI=1S/C21H16N2O4S2/c1-11-7-6-10-13-14(18(24)22-15(11)13)17-19(25)23(21(28)29-17)16(20(26)27-2)12-8-4-3-5-9-12/h3-10,16,25H,1-2H3. The van der Waals surface area contributed by atoms with E-state index in [0.717, 1.165) is 16.9 Å². The number of hydrogen-bond acceptors (Lipinski definition) is 6. The molecule has 0 spiro atoms. The molecule has 4 rings (SSSR count). The Bertz CT molecular complexity index is 1320. The number of nitrogens with zero attached hydrogens (tertiary/aromatic N) is 2. The second kappa shape index (κ2) is 7.38. The van der Waals surface area contributed by atoms with Gasteiger partial charge in [0, 0.05) is 5.22 Å². The first kappa shape index (κ1) is 19.2. The van der Waals surface area contributed by atoms with E-state index in [1.807, 2.05) is 25.1 Å². The second-order valence-corrected chi connectivity index (χ2v) is 8.13. The van der Waals surface area contributed by atoms with Crippen LogP contribution in [0.4, 0.5) is 0 Å². The molecule has 2 aromatic carbocycles. The summed E-state index contributed by atoms with van der Waals surface area (Å²) in [6.07, 6.45) is 0. The monoisotopic (exact) mass is 424 g/mol. The van der Waals surface area contributed by atoms with E-state index >= 15 is 0 Å². The van der Waals surface area contributed by atoms with Gasteiger partial charge >= 0.3 is 5.97 Å². The molecule has 6 nitrogen and oxygen atoms in total. The van der Waals surface area contributed by atoms with Crippen molar-refractivity contribution in [2.75, 3.05) is 7.11 Å². The Morgan fingerprint density at radius 2 is 1.93 bits per heavy atom. The first-order valence-electron chi connectivity index (χ1n) is 8.74. The maximum Gasteiger partial charge on any atom is 0.333 e. The number of esters is 1. The van der Waals surface area contributed by atoms with Crippen molar-refractivity contribution in [1.82, 2.24) is 4.57 Å². The van der Waals surface area contributed by atoms with Crippen LogP contribution in [0.5, 0.6) is 5.88 Å². The predicted octanol–water partition coefficient (Wildman–Crippen LogP) is 2.41. The summed E-state index contributed by atoms with van der Waals surface area (Å²) in [4.78, 5) is 29.6. The van der Waals surface area contributed by atoms with Gasteiger partial charge in [0.15, 0.2) is 10.00 Å². The number of carbonyl (C=O) groups excluding carboxylic acids is 2. The number of carbonyl (C=O) groups is 2. The van der Waals surface area contributed by atoms with Crippen molar-refractivity contribution in [1.29, 1.82) is 0 Å². The molecule has 0 radical (unpaired) electrons. The highest BCUT2D eigenvalue weighted by atomic mass is 32.1. The molecule has 1 unspecified atom stereocenters. The molecule has 1 atom stereocenters. The molecule has 1 N–H and O–H groups in total. The number of aromatic nitrogens is 1. The lowest BCUT2D eigenvalue weighted by molar-refractivity contribution is -0.143. The van der Waals surface area contributed by atoms with Crippen LogP contribution < -0.4 is 10.6 Å². The van der Waals surface area contributed by atoms with E-state index in [4.69, 9.17) is 17.0 Å². The highest BCUT2D eigenvalue weighted by molar-refractivity contribution is 7.73. The van der Waals surface area contributed by atoms with Crippen molar-refractivity contribution >= 4 is 41.0 Å². The zero-order chi connectivity index (χ0) is 20.7. The first-order chi connectivity index (χ1) is 13.9. The van der Waals surface area contributed by atoms with Crippen LogP contribution in [-0.4, -0.2) is 28.7 Å². The van der Waals surface area contributed by atoms with Crippen LogP contribution in [0.25, 0.3) is 5.57 Å². The van der Waals surface area contributed by atoms with E-state index in [1.54, 1.807) is 30.3 Å². The summed E-state index contributed by atoms with van der Waals surface area (Å²) in [7, 11) is 1.28. The zero-order valence-electron chi connectivity index (χ0n) is 15.6. The molecule has 1 amide bonds. The lowest BCUT2D eigenvalue weighted by Crippen LogP contribution is -2.25. The lowest BCUT2D eigenvalue weighted by atomic mass is 10.1. The van der Waals surface area contributed by atoms with Crippen molar-refractivity contribution in [3.63, 3.8) is 0 Å². The van der Waals surface area contributed by atoms with Gasteiger partial charge in [0.2, 0.25) is 5.88 Å². The summed E-state index contributed by atoms with van der Waals surface area (Å²) in [5.41, 5.74) is 1.76. The van der Waals surface area contributed by atoms with Crippen molar-refractivity contribution in [2.24, 2.45) is 4.99 Å². The number of aromatic hydroxyl groups is 1. The fourth-order valence-electron chi connectivity index (χ4n) is 3.41. The third-order valence-electron chi connectivity index (χ3n) is 4.78. The van der Waals surface area contributed by atoms with Crippen LogP contribution in [0.1, 0.15) is 22.0 Å². The van der Waals surface area contributed by atoms with Crippen LogP contribution >= 0.6 is 23.6 Å². The summed E-state index contributed by atoms with van der Waals surface area (Å²) >= 11 is 6.53. The third-order valence-corrected chi connectivity index (χ3v) is 6.19. The molecule has 0 saturated heterocycles. The van der Waals surface area contributed by atoms with Gasteiger partial charge in [-0.1, -0.05) is 48.5 Å². The van der Waals surface area contributed by atoms with Crippen molar-refractivity contribution in [3.8, 4) is 5.88 Å². The van der Waals surface area contributed by atoms with E-state index in [2.05, 4.69) is 4.99 Å². The lowest BCUT2D eigenvalue weighted by Gasteiger charge is -2.17. The fourth-order valence-corrected chi connectivity index (χ4v) is 4.80. The first-order valence-corrected chi connectivity index (χ1v) is 9.97. The summed E-state index contributed by atoms with van der Waals surface area (Å²) in [5, 5.41) is 12.3. The number of rotatable bonds is 4. The molecule has 8 heteroatoms. The summed E-state index contributed by atoms with van der Waals surface area (Å²) < 4.78 is 6.53. The van der Waals surface area contributed by atoms with Crippen molar-refractivity contribution in [2.45, 2.75) is 13.0 Å². The Hall–Kier alpha value is -3.10. The molecule has 0 bridgehead atoms. The molecule has 0 fully saturated rings. The number of thiazole rings is 1. The zero-order valence-corrected chi connectivity index (χ0v) is 17.2. The Labute approximate surface area is 175 Å². The Morgan fingerprint density at radius 1 is 1.21 bits per heavy atom. The van der Waals surface area contributed by atoms with E-state index in [9.17, 15) is 14.7 Å². The number of fused-ring (bicyclic) bond motifs is 1. The van der Waals surface area contributed by atoms with E-state index in [1.165, 1.54) is 11.7 Å². The summed E-state index contributed by atoms with van der Waals surface area (Å²) in [5.74, 6) is -1.27. The summed E-state index contributed by atoms with van der Waals surface area (Å²) in [6, 6.07) is 13.4. The molecule has 3 aromatic rings. The van der Waals surface area contributed by atoms with Gasteiger partial charge in [0.05, 0.1) is 18.0 Å². The van der Waals surface area contributed by atoms with Crippen LogP contribution in [0, 0.1) is 10.9 Å². The molecule has 0 saturated carbocycles. The topological polar surface area (TPSA) is 80.9 Å². The molecular formula is C21H16N2O4S2. The number of para-hydroxylation sites is 1. The van der Waals surface area contributed by atoms with Gasteiger partial charge in [0.25, 0.3) is 5.91 Å².